The molecule has 0 aliphatic carbocycles. The Kier molecular flexibility index (Phi) is 8.40. The van der Waals surface area contributed by atoms with Crippen LogP contribution in [0.15, 0.2) is 48.8 Å². The SMILES string of the molecule is CCc1cc([C@H](CNC(=O)c2c(Cl)cc(-n3cnc(C)n3)cc2Cl)c2nc3cc(OC)c(Cl)cc3[nH]2)ccc1C(=O)O. The molecule has 0 aliphatic rings. The number of carboxylic acid groups (broad SMARTS) is 1. The monoisotopic (exact) mass is 626 g/mol. The first-order valence-electron chi connectivity index (χ1n) is 12.8. The van der Waals surface area contributed by atoms with Crippen molar-refractivity contribution in [3.63, 3.8) is 0 Å². The van der Waals surface area contributed by atoms with E-state index in [1.165, 1.54) is 18.1 Å². The second-order valence-corrected chi connectivity index (χ2v) is 10.7. The summed E-state index contributed by atoms with van der Waals surface area (Å²) in [6, 6.07) is 11.7. The number of aromatic nitrogens is 5. The minimum atomic E-state index is -1.01. The average molecular weight is 628 g/mol. The molecule has 3 aromatic carbocycles. The third-order valence-electron chi connectivity index (χ3n) is 6.84. The molecule has 3 N–H and O–H groups in total. The second-order valence-electron chi connectivity index (χ2n) is 9.48. The highest BCUT2D eigenvalue weighted by atomic mass is 35.5. The molecule has 1 amide bonds. The summed E-state index contributed by atoms with van der Waals surface area (Å²) in [7, 11) is 1.52. The number of nitrogens with one attached hydrogen (secondary N) is 2. The highest BCUT2D eigenvalue weighted by Gasteiger charge is 2.24. The summed E-state index contributed by atoms with van der Waals surface area (Å²) in [4.78, 5) is 37.3. The molecule has 0 radical (unpaired) electrons. The summed E-state index contributed by atoms with van der Waals surface area (Å²) in [5.41, 5.74) is 3.58. The van der Waals surface area contributed by atoms with Crippen LogP contribution in [0.25, 0.3) is 16.7 Å². The zero-order valence-corrected chi connectivity index (χ0v) is 25.0. The molecule has 5 aromatic rings. The number of carbonyl (C=O) groups is 2. The van der Waals surface area contributed by atoms with Crippen LogP contribution in [0, 0.1) is 6.92 Å². The average Bonchev–Trinajstić information content (AvgIpc) is 3.57. The van der Waals surface area contributed by atoms with Crippen molar-refractivity contribution in [1.29, 1.82) is 0 Å². The minimum absolute atomic E-state index is 0.0930. The molecule has 216 valence electrons. The summed E-state index contributed by atoms with van der Waals surface area (Å²) in [6.45, 7) is 3.73. The molecule has 0 saturated carbocycles. The molecule has 0 unspecified atom stereocenters. The Morgan fingerprint density at radius 1 is 1.10 bits per heavy atom. The van der Waals surface area contributed by atoms with Gasteiger partial charge in [-0.15, -0.1) is 0 Å². The highest BCUT2D eigenvalue weighted by molar-refractivity contribution is 6.40. The molecule has 0 fully saturated rings. The standard InChI is InChI=1S/C29H25Cl3N6O4/c1-4-15-7-16(5-6-18(15)29(40)41)19(27-35-23-10-20(30)25(42-3)11-24(23)36-27)12-33-28(39)26-21(31)8-17(9-22(26)32)38-13-34-14(2)37-38/h5-11,13,19H,4,12H2,1-3H3,(H,33,39)(H,35,36)(H,40,41)/t19-/m0/s1. The molecule has 42 heavy (non-hydrogen) atoms. The number of halogens is 3. The first-order valence-corrected chi connectivity index (χ1v) is 14.0. The molecule has 1 atom stereocenters. The van der Waals surface area contributed by atoms with Crippen molar-refractivity contribution in [2.45, 2.75) is 26.2 Å². The number of carbonyl (C=O) groups excluding carboxylic acids is 1. The van der Waals surface area contributed by atoms with Crippen LogP contribution in [0.1, 0.15) is 56.3 Å². The number of imidazole rings is 1. The van der Waals surface area contributed by atoms with Crippen molar-refractivity contribution in [2.75, 3.05) is 13.7 Å². The fourth-order valence-electron chi connectivity index (χ4n) is 4.72. The first kappa shape index (κ1) is 29.4. The van der Waals surface area contributed by atoms with Crippen LogP contribution in [-0.4, -0.2) is 55.4 Å². The highest BCUT2D eigenvalue weighted by Crippen LogP contribution is 2.33. The molecule has 13 heteroatoms. The predicted molar refractivity (Wildman–Crippen MR) is 161 cm³/mol. The van der Waals surface area contributed by atoms with Gasteiger partial charge in [-0.1, -0.05) is 53.9 Å². The van der Waals surface area contributed by atoms with Crippen molar-refractivity contribution >= 4 is 57.7 Å². The zero-order valence-electron chi connectivity index (χ0n) is 22.7. The number of hydrogen-bond acceptors (Lipinski definition) is 6. The summed E-state index contributed by atoms with van der Waals surface area (Å²) in [5.74, 6) is -0.412. The van der Waals surface area contributed by atoms with E-state index in [2.05, 4.69) is 20.4 Å². The van der Waals surface area contributed by atoms with Crippen LogP contribution in [-0.2, 0) is 6.42 Å². The minimum Gasteiger partial charge on any atom is -0.495 e. The number of carboxylic acids is 1. The number of hydrogen-bond donors (Lipinski definition) is 3. The molecule has 2 heterocycles. The number of nitrogens with zero attached hydrogens (tertiary/aromatic N) is 4. The number of amides is 1. The van der Waals surface area contributed by atoms with Crippen LogP contribution in [0.2, 0.25) is 15.1 Å². The van der Waals surface area contributed by atoms with Gasteiger partial charge in [-0.25, -0.2) is 19.4 Å². The predicted octanol–water partition coefficient (Wildman–Crippen LogP) is 6.24. The van der Waals surface area contributed by atoms with Crippen molar-refractivity contribution in [1.82, 2.24) is 30.0 Å². The molecule has 0 saturated heterocycles. The fraction of sp³-hybridized carbons (Fsp3) is 0.207. The quantitative estimate of drug-likeness (QED) is 0.176. The van der Waals surface area contributed by atoms with E-state index in [0.717, 1.165) is 5.56 Å². The Morgan fingerprint density at radius 3 is 2.45 bits per heavy atom. The van der Waals surface area contributed by atoms with Crippen molar-refractivity contribution < 1.29 is 19.4 Å². The molecule has 0 aliphatic heterocycles. The van der Waals surface area contributed by atoms with Crippen LogP contribution in [0.3, 0.4) is 0 Å². The fourth-order valence-corrected chi connectivity index (χ4v) is 5.61. The Morgan fingerprint density at radius 2 is 1.83 bits per heavy atom. The number of benzene rings is 3. The molecule has 10 nitrogen and oxygen atoms in total. The second kappa shape index (κ2) is 12.0. The third-order valence-corrected chi connectivity index (χ3v) is 7.73. The van der Waals surface area contributed by atoms with Crippen LogP contribution in [0.4, 0.5) is 0 Å². The molecular formula is C29H25Cl3N6O4. The maximum Gasteiger partial charge on any atom is 0.335 e. The van der Waals surface area contributed by atoms with Crippen molar-refractivity contribution in [3.8, 4) is 11.4 Å². The van der Waals surface area contributed by atoms with Gasteiger partial charge in [0.15, 0.2) is 0 Å². The van der Waals surface area contributed by atoms with E-state index in [1.54, 1.807) is 43.3 Å². The summed E-state index contributed by atoms with van der Waals surface area (Å²) in [6.07, 6.45) is 2.03. The van der Waals surface area contributed by atoms with Crippen molar-refractivity contribution in [3.05, 3.63) is 97.8 Å². The van der Waals surface area contributed by atoms with Gasteiger partial charge < -0.3 is 20.1 Å². The number of aromatic carboxylic acids is 1. The van der Waals surface area contributed by atoms with Gasteiger partial charge in [0.25, 0.3) is 5.91 Å². The van der Waals surface area contributed by atoms with E-state index in [-0.39, 0.29) is 27.7 Å². The first-order chi connectivity index (χ1) is 20.1. The molecular weight excluding hydrogens is 603 g/mol. The number of aryl methyl sites for hydroxylation is 2. The normalized spacial score (nSPS) is 12.0. The molecule has 0 bridgehead atoms. The van der Waals surface area contributed by atoms with Gasteiger partial charge in [-0.05, 0) is 48.7 Å². The molecule has 2 aromatic heterocycles. The largest absolute Gasteiger partial charge is 0.495 e. The van der Waals surface area contributed by atoms with Gasteiger partial charge in [-0.2, -0.15) is 5.10 Å². The number of aromatic amines is 1. The lowest BCUT2D eigenvalue weighted by Gasteiger charge is -2.19. The zero-order chi connectivity index (χ0) is 30.1. The Bertz CT molecular complexity index is 1810. The van der Waals surface area contributed by atoms with Crippen LogP contribution >= 0.6 is 34.8 Å². The Hall–Kier alpha value is -4.12. The van der Waals surface area contributed by atoms with Gasteiger partial charge in [0.2, 0.25) is 0 Å². The Balaban J connectivity index is 1.50. The van der Waals surface area contributed by atoms with E-state index >= 15 is 0 Å². The van der Waals surface area contributed by atoms with E-state index in [4.69, 9.17) is 44.5 Å². The lowest BCUT2D eigenvalue weighted by molar-refractivity contribution is 0.0695. The lowest BCUT2D eigenvalue weighted by atomic mass is 9.93. The third kappa shape index (κ3) is 5.78. The van der Waals surface area contributed by atoms with Crippen LogP contribution < -0.4 is 10.1 Å². The maximum absolute atomic E-state index is 13.4. The molecule has 5 rings (SSSR count). The lowest BCUT2D eigenvalue weighted by Crippen LogP contribution is -2.30. The molecule has 0 spiro atoms. The number of methoxy groups -OCH3 is 1. The van der Waals surface area contributed by atoms with Gasteiger partial charge >= 0.3 is 5.97 Å². The summed E-state index contributed by atoms with van der Waals surface area (Å²) in [5, 5.41) is 17.5. The van der Waals surface area contributed by atoms with Gasteiger partial charge in [0.1, 0.15) is 23.7 Å². The Labute approximate surface area is 255 Å². The van der Waals surface area contributed by atoms with E-state index in [0.29, 0.717) is 51.1 Å². The number of H-pyrrole nitrogens is 1. The van der Waals surface area contributed by atoms with Crippen molar-refractivity contribution in [2.24, 2.45) is 0 Å². The van der Waals surface area contributed by atoms with E-state index < -0.39 is 17.8 Å². The number of rotatable bonds is 9. The van der Waals surface area contributed by atoms with Crippen LogP contribution in [0.5, 0.6) is 5.75 Å². The van der Waals surface area contributed by atoms with Gasteiger partial charge in [0, 0.05) is 12.6 Å². The summed E-state index contributed by atoms with van der Waals surface area (Å²) >= 11 is 19.4. The maximum atomic E-state index is 13.4. The number of fused-ring (bicyclic) bond motifs is 1. The van der Waals surface area contributed by atoms with Gasteiger partial charge in [0.05, 0.1) is 55.9 Å². The smallest absolute Gasteiger partial charge is 0.335 e. The van der Waals surface area contributed by atoms with Gasteiger partial charge in [-0.3, -0.25) is 4.79 Å². The van der Waals surface area contributed by atoms with E-state index in [9.17, 15) is 14.7 Å². The van der Waals surface area contributed by atoms with E-state index in [1.807, 2.05) is 13.0 Å². The summed E-state index contributed by atoms with van der Waals surface area (Å²) < 4.78 is 6.84. The number of ether oxygens (including phenoxy) is 1. The topological polar surface area (TPSA) is 135 Å².